The lowest BCUT2D eigenvalue weighted by atomic mass is 9.85. The molecule has 1 aromatic carbocycles. The molecule has 1 N–H and O–H groups in total. The highest BCUT2D eigenvalue weighted by atomic mass is 16.6. The van der Waals surface area contributed by atoms with E-state index in [0.29, 0.717) is 37.4 Å². The minimum Gasteiger partial charge on any atom is -0.486 e. The van der Waals surface area contributed by atoms with E-state index < -0.39 is 6.04 Å². The molecule has 4 atom stereocenters. The van der Waals surface area contributed by atoms with E-state index in [-0.39, 0.29) is 48.1 Å². The third-order valence-corrected chi connectivity index (χ3v) is 5.92. The van der Waals surface area contributed by atoms with Crippen LogP contribution in [-0.4, -0.2) is 47.9 Å². The summed E-state index contributed by atoms with van der Waals surface area (Å²) < 4.78 is 11.6. The van der Waals surface area contributed by atoms with Crippen molar-refractivity contribution in [1.82, 2.24) is 10.2 Å². The Balaban J connectivity index is 1.43. The number of nitrogens with one attached hydrogen (secondary N) is 1. The van der Waals surface area contributed by atoms with E-state index in [0.717, 1.165) is 0 Å². The number of rotatable bonds is 6. The third kappa shape index (κ3) is 3.93. The Bertz CT molecular complexity index is 839. The number of fused-ring (bicyclic) bond motifs is 2. The molecular formula is C23H28N2O5. The fourth-order valence-electron chi connectivity index (χ4n) is 4.41. The van der Waals surface area contributed by atoms with Crippen LogP contribution in [0.4, 0.5) is 0 Å². The van der Waals surface area contributed by atoms with E-state index in [4.69, 9.17) is 9.47 Å². The molecule has 7 heteroatoms. The van der Waals surface area contributed by atoms with Gasteiger partial charge < -0.3 is 14.8 Å². The minimum atomic E-state index is -0.799. The van der Waals surface area contributed by atoms with E-state index in [1.54, 1.807) is 0 Å². The molecule has 0 saturated carbocycles. The Labute approximate surface area is 176 Å². The Hall–Kier alpha value is -2.83. The van der Waals surface area contributed by atoms with Crippen LogP contribution in [-0.2, 0) is 14.4 Å². The third-order valence-electron chi connectivity index (χ3n) is 5.92. The van der Waals surface area contributed by atoms with Gasteiger partial charge in [-0.2, -0.15) is 0 Å². The summed E-state index contributed by atoms with van der Waals surface area (Å²) in [6.07, 6.45) is 5.13. The second-order valence-electron chi connectivity index (χ2n) is 8.59. The number of carbonyl (C=O) groups is 3. The van der Waals surface area contributed by atoms with Gasteiger partial charge in [-0.25, -0.2) is 0 Å². The molecule has 3 aliphatic rings. The number of carbonyl (C=O) groups excluding carboxylic acids is 3. The molecule has 0 radical (unpaired) electrons. The van der Waals surface area contributed by atoms with Gasteiger partial charge in [0.15, 0.2) is 11.5 Å². The molecule has 160 valence electrons. The Morgan fingerprint density at radius 1 is 1.10 bits per heavy atom. The maximum Gasteiger partial charge on any atom is 0.243 e. The van der Waals surface area contributed by atoms with Crippen LogP contribution in [0.2, 0.25) is 0 Å². The maximum atomic E-state index is 13.1. The predicted molar refractivity (Wildman–Crippen MR) is 110 cm³/mol. The van der Waals surface area contributed by atoms with Crippen LogP contribution < -0.4 is 14.8 Å². The zero-order chi connectivity index (χ0) is 21.3. The minimum absolute atomic E-state index is 0.156. The van der Waals surface area contributed by atoms with Crippen LogP contribution >= 0.6 is 0 Å². The molecule has 1 saturated heterocycles. The second kappa shape index (κ2) is 8.50. The number of amides is 3. The first-order valence-corrected chi connectivity index (χ1v) is 10.6. The van der Waals surface area contributed by atoms with E-state index in [2.05, 4.69) is 5.32 Å². The molecular weight excluding hydrogens is 384 g/mol. The maximum absolute atomic E-state index is 13.1. The number of imide groups is 1. The van der Waals surface area contributed by atoms with E-state index in [9.17, 15) is 14.4 Å². The summed E-state index contributed by atoms with van der Waals surface area (Å²) in [6.45, 7) is 4.53. The van der Waals surface area contributed by atoms with Crippen LogP contribution in [0.15, 0.2) is 36.4 Å². The topological polar surface area (TPSA) is 84.9 Å². The van der Waals surface area contributed by atoms with Crippen molar-refractivity contribution in [3.05, 3.63) is 36.4 Å². The van der Waals surface area contributed by atoms with Gasteiger partial charge in [0.25, 0.3) is 0 Å². The van der Waals surface area contributed by atoms with Gasteiger partial charge in [-0.05, 0) is 37.3 Å². The normalized spacial score (nSPS) is 26.0. The number of nitrogens with zero attached hydrogens (tertiary/aromatic N) is 1. The van der Waals surface area contributed by atoms with E-state index >= 15 is 0 Å². The highest BCUT2D eigenvalue weighted by Gasteiger charge is 2.51. The van der Waals surface area contributed by atoms with Crippen LogP contribution in [0.25, 0.3) is 0 Å². The number of para-hydroxylation sites is 2. The standard InChI is InChI=1S/C23H28N2O5/c1-14(2)11-18(25-22(27)16-7-3-4-8-17(16)23(25)28)21(26)24-12-15-13-29-19-9-5-6-10-20(19)30-15/h3-6,9-10,14-18H,7-8,11-13H2,1-2H3,(H,24,26)/t15-,16-,17+,18-/m1/s1. The highest BCUT2D eigenvalue weighted by Crippen LogP contribution is 2.37. The van der Waals surface area contributed by atoms with Crippen molar-refractivity contribution in [1.29, 1.82) is 0 Å². The smallest absolute Gasteiger partial charge is 0.243 e. The molecule has 0 bridgehead atoms. The van der Waals surface area contributed by atoms with Crippen molar-refractivity contribution in [2.45, 2.75) is 45.3 Å². The fourth-order valence-corrected chi connectivity index (χ4v) is 4.41. The van der Waals surface area contributed by atoms with Gasteiger partial charge in [0.1, 0.15) is 18.8 Å². The molecule has 1 fully saturated rings. The number of hydrogen-bond acceptors (Lipinski definition) is 5. The van der Waals surface area contributed by atoms with Crippen LogP contribution in [0.3, 0.4) is 0 Å². The van der Waals surface area contributed by atoms with Crippen molar-refractivity contribution in [3.8, 4) is 11.5 Å². The number of ether oxygens (including phenoxy) is 2. The van der Waals surface area contributed by atoms with Crippen molar-refractivity contribution in [2.75, 3.05) is 13.2 Å². The summed E-state index contributed by atoms with van der Waals surface area (Å²) in [4.78, 5) is 40.2. The van der Waals surface area contributed by atoms with Crippen molar-refractivity contribution in [2.24, 2.45) is 17.8 Å². The van der Waals surface area contributed by atoms with Crippen LogP contribution in [0.1, 0.15) is 33.1 Å². The Morgan fingerprint density at radius 2 is 1.73 bits per heavy atom. The molecule has 0 unspecified atom stereocenters. The largest absolute Gasteiger partial charge is 0.486 e. The number of benzene rings is 1. The first-order valence-electron chi connectivity index (χ1n) is 10.6. The summed E-state index contributed by atoms with van der Waals surface area (Å²) in [6, 6.07) is 6.59. The second-order valence-corrected chi connectivity index (χ2v) is 8.59. The summed E-state index contributed by atoms with van der Waals surface area (Å²) in [5.41, 5.74) is 0. The summed E-state index contributed by atoms with van der Waals surface area (Å²) in [7, 11) is 0. The average Bonchev–Trinajstić information content (AvgIpc) is 3.00. The van der Waals surface area contributed by atoms with E-state index in [1.807, 2.05) is 50.3 Å². The van der Waals surface area contributed by atoms with Crippen molar-refractivity contribution in [3.63, 3.8) is 0 Å². The number of hydrogen-bond donors (Lipinski definition) is 1. The molecule has 2 aliphatic heterocycles. The number of likely N-dealkylation sites (tertiary alicyclic amines) is 1. The van der Waals surface area contributed by atoms with Gasteiger partial charge in [-0.15, -0.1) is 0 Å². The fraction of sp³-hybridized carbons (Fsp3) is 0.522. The highest BCUT2D eigenvalue weighted by molar-refractivity contribution is 6.08. The van der Waals surface area contributed by atoms with Gasteiger partial charge in [0.05, 0.1) is 18.4 Å². The lowest BCUT2D eigenvalue weighted by Crippen LogP contribution is -2.52. The van der Waals surface area contributed by atoms with Crippen molar-refractivity contribution < 1.29 is 23.9 Å². The lowest BCUT2D eigenvalue weighted by Gasteiger charge is -2.29. The average molecular weight is 412 g/mol. The molecule has 30 heavy (non-hydrogen) atoms. The quantitative estimate of drug-likeness (QED) is 0.573. The van der Waals surface area contributed by atoms with Crippen molar-refractivity contribution >= 4 is 17.7 Å². The van der Waals surface area contributed by atoms with E-state index in [1.165, 1.54) is 4.90 Å². The number of allylic oxidation sites excluding steroid dienone is 2. The molecule has 0 aromatic heterocycles. The molecule has 7 nitrogen and oxygen atoms in total. The molecule has 4 rings (SSSR count). The molecule has 1 aromatic rings. The molecule has 0 spiro atoms. The molecule has 1 aliphatic carbocycles. The van der Waals surface area contributed by atoms with Crippen LogP contribution in [0, 0.1) is 17.8 Å². The zero-order valence-electron chi connectivity index (χ0n) is 17.4. The van der Waals surface area contributed by atoms with Gasteiger partial charge >= 0.3 is 0 Å². The molecule has 3 amide bonds. The van der Waals surface area contributed by atoms with Gasteiger partial charge in [-0.1, -0.05) is 38.1 Å². The summed E-state index contributed by atoms with van der Waals surface area (Å²) in [5, 5.41) is 2.88. The SMILES string of the molecule is CC(C)C[C@H](C(=O)NC[C@@H]1COc2ccccc2O1)N1C(=O)[C@H]2CC=CC[C@H]2C1=O. The first kappa shape index (κ1) is 20.4. The summed E-state index contributed by atoms with van der Waals surface area (Å²) in [5.74, 6) is 0.0453. The van der Waals surface area contributed by atoms with Gasteiger partial charge in [-0.3, -0.25) is 19.3 Å². The van der Waals surface area contributed by atoms with Crippen LogP contribution in [0.5, 0.6) is 11.5 Å². The molecule has 2 heterocycles. The predicted octanol–water partition coefficient (Wildman–Crippen LogP) is 2.31. The Morgan fingerprint density at radius 3 is 2.37 bits per heavy atom. The summed E-state index contributed by atoms with van der Waals surface area (Å²) >= 11 is 0. The first-order chi connectivity index (χ1) is 14.5. The van der Waals surface area contributed by atoms with Gasteiger partial charge in [0.2, 0.25) is 17.7 Å². The Kier molecular flexibility index (Phi) is 5.79. The lowest BCUT2D eigenvalue weighted by molar-refractivity contribution is -0.148. The monoisotopic (exact) mass is 412 g/mol. The zero-order valence-corrected chi connectivity index (χ0v) is 17.4. The van der Waals surface area contributed by atoms with Gasteiger partial charge in [0, 0.05) is 0 Å².